The minimum atomic E-state index is 0.639. The lowest BCUT2D eigenvalue weighted by molar-refractivity contribution is 0.489. The summed E-state index contributed by atoms with van der Waals surface area (Å²) in [6, 6.07) is 0.639. The molecular formula is C9H24N2. The Morgan fingerprint density at radius 2 is 1.82 bits per heavy atom. The molecule has 0 aliphatic heterocycles. The van der Waals surface area contributed by atoms with E-state index in [9.17, 15) is 0 Å². The quantitative estimate of drug-likeness (QED) is 0.643. The van der Waals surface area contributed by atoms with Gasteiger partial charge in [-0.15, -0.1) is 0 Å². The molecule has 0 saturated heterocycles. The van der Waals surface area contributed by atoms with Gasteiger partial charge in [0.1, 0.15) is 0 Å². The normalized spacial score (nSPS) is 11.7. The number of rotatable bonds is 5. The summed E-state index contributed by atoms with van der Waals surface area (Å²) >= 11 is 0. The maximum atomic E-state index is 5.40. The average Bonchev–Trinajstić information content (AvgIpc) is 2.08. The molecule has 0 radical (unpaired) electrons. The van der Waals surface area contributed by atoms with Crippen LogP contribution < -0.4 is 11.1 Å². The second kappa shape index (κ2) is 12.6. The van der Waals surface area contributed by atoms with Crippen LogP contribution >= 0.6 is 0 Å². The van der Waals surface area contributed by atoms with Crippen molar-refractivity contribution in [1.29, 1.82) is 0 Å². The van der Waals surface area contributed by atoms with E-state index in [0.717, 1.165) is 13.0 Å². The van der Waals surface area contributed by atoms with Crippen LogP contribution in [0.2, 0.25) is 0 Å². The molecule has 0 aromatic rings. The summed E-state index contributed by atoms with van der Waals surface area (Å²) in [5.74, 6) is 0. The zero-order valence-corrected chi connectivity index (χ0v) is 8.48. The first-order valence-electron chi connectivity index (χ1n) is 4.72. The Labute approximate surface area is 71.6 Å². The third kappa shape index (κ3) is 9.92. The minimum absolute atomic E-state index is 0.639. The van der Waals surface area contributed by atoms with Crippen molar-refractivity contribution < 1.29 is 0 Å². The Balaban J connectivity index is 0. The number of hydrogen-bond donors (Lipinski definition) is 2. The molecule has 0 fully saturated rings. The Morgan fingerprint density at radius 1 is 1.27 bits per heavy atom. The molecule has 0 aromatic carbocycles. The van der Waals surface area contributed by atoms with Crippen LogP contribution in [0.5, 0.6) is 0 Å². The topological polar surface area (TPSA) is 38.0 Å². The molecule has 0 spiro atoms. The Bertz CT molecular complexity index is 49.5. The molecule has 0 saturated carbocycles. The van der Waals surface area contributed by atoms with Gasteiger partial charge in [0, 0.05) is 6.04 Å². The van der Waals surface area contributed by atoms with E-state index < -0.39 is 0 Å². The molecule has 0 amide bonds. The van der Waals surface area contributed by atoms with E-state index in [0.29, 0.717) is 6.04 Å². The molecule has 1 unspecified atom stereocenters. The van der Waals surface area contributed by atoms with Crippen LogP contribution in [0.25, 0.3) is 0 Å². The van der Waals surface area contributed by atoms with Gasteiger partial charge in [-0.2, -0.15) is 0 Å². The molecule has 70 valence electrons. The molecule has 1 atom stereocenters. The van der Waals surface area contributed by atoms with Crippen LogP contribution in [-0.2, 0) is 0 Å². The van der Waals surface area contributed by atoms with Crippen molar-refractivity contribution in [3.8, 4) is 0 Å². The van der Waals surface area contributed by atoms with Crippen molar-refractivity contribution in [2.75, 3.05) is 13.6 Å². The number of hydrogen-bond acceptors (Lipinski definition) is 2. The van der Waals surface area contributed by atoms with Gasteiger partial charge < -0.3 is 11.1 Å². The first-order valence-corrected chi connectivity index (χ1v) is 4.72. The summed E-state index contributed by atoms with van der Waals surface area (Å²) in [5, 5.41) is 3.22. The first kappa shape index (κ1) is 13.5. The fraction of sp³-hybridized carbons (Fsp3) is 1.00. The summed E-state index contributed by atoms with van der Waals surface area (Å²) < 4.78 is 0. The van der Waals surface area contributed by atoms with Gasteiger partial charge in [-0.1, -0.05) is 27.2 Å². The van der Waals surface area contributed by atoms with Crippen molar-refractivity contribution in [2.24, 2.45) is 5.73 Å². The van der Waals surface area contributed by atoms with Gasteiger partial charge in [-0.25, -0.2) is 0 Å². The van der Waals surface area contributed by atoms with Gasteiger partial charge in [0.25, 0.3) is 0 Å². The molecule has 0 aliphatic carbocycles. The van der Waals surface area contributed by atoms with E-state index in [1.807, 2.05) is 20.9 Å². The van der Waals surface area contributed by atoms with Crippen LogP contribution in [0.4, 0.5) is 0 Å². The van der Waals surface area contributed by atoms with E-state index in [1.54, 1.807) is 0 Å². The third-order valence-electron chi connectivity index (χ3n) is 1.56. The molecule has 0 bridgehead atoms. The first-order chi connectivity index (χ1) is 5.35. The SMILES string of the molecule is CC.CCCC(CCN)NC. The number of nitrogens with two attached hydrogens (primary N) is 1. The van der Waals surface area contributed by atoms with Gasteiger partial charge in [0.05, 0.1) is 0 Å². The van der Waals surface area contributed by atoms with Gasteiger partial charge >= 0.3 is 0 Å². The van der Waals surface area contributed by atoms with Crippen molar-refractivity contribution >= 4 is 0 Å². The molecule has 3 N–H and O–H groups in total. The predicted octanol–water partition coefficient (Wildman–Crippen LogP) is 1.75. The summed E-state index contributed by atoms with van der Waals surface area (Å²) in [7, 11) is 2.00. The molecule has 0 heterocycles. The second-order valence-electron chi connectivity index (χ2n) is 2.35. The predicted molar refractivity (Wildman–Crippen MR) is 52.8 cm³/mol. The molecule has 0 aromatic heterocycles. The highest BCUT2D eigenvalue weighted by atomic mass is 14.9. The maximum absolute atomic E-state index is 5.40. The molecule has 0 aliphatic rings. The van der Waals surface area contributed by atoms with Crippen molar-refractivity contribution in [3.63, 3.8) is 0 Å². The Hall–Kier alpha value is -0.0800. The molecule has 2 heteroatoms. The lowest BCUT2D eigenvalue weighted by Crippen LogP contribution is -2.27. The molecular weight excluding hydrogens is 136 g/mol. The van der Waals surface area contributed by atoms with Crippen LogP contribution in [0.1, 0.15) is 40.0 Å². The third-order valence-corrected chi connectivity index (χ3v) is 1.56. The van der Waals surface area contributed by atoms with Gasteiger partial charge in [-0.05, 0) is 26.4 Å². The lowest BCUT2D eigenvalue weighted by atomic mass is 10.1. The van der Waals surface area contributed by atoms with Crippen LogP contribution in [0.15, 0.2) is 0 Å². The molecule has 11 heavy (non-hydrogen) atoms. The van der Waals surface area contributed by atoms with Gasteiger partial charge in [0.15, 0.2) is 0 Å². The summed E-state index contributed by atoms with van der Waals surface area (Å²) in [5.41, 5.74) is 5.40. The monoisotopic (exact) mass is 160 g/mol. The van der Waals surface area contributed by atoms with Crippen molar-refractivity contribution in [3.05, 3.63) is 0 Å². The zero-order chi connectivity index (χ0) is 9.11. The largest absolute Gasteiger partial charge is 0.330 e. The lowest BCUT2D eigenvalue weighted by Gasteiger charge is -2.12. The zero-order valence-electron chi connectivity index (χ0n) is 8.48. The highest BCUT2D eigenvalue weighted by Crippen LogP contribution is 1.98. The highest BCUT2D eigenvalue weighted by Gasteiger charge is 2.00. The fourth-order valence-electron chi connectivity index (χ4n) is 0.983. The van der Waals surface area contributed by atoms with E-state index in [4.69, 9.17) is 5.73 Å². The van der Waals surface area contributed by atoms with E-state index in [1.165, 1.54) is 12.8 Å². The molecule has 2 nitrogen and oxygen atoms in total. The summed E-state index contributed by atoms with van der Waals surface area (Å²) in [6.07, 6.45) is 3.59. The van der Waals surface area contributed by atoms with E-state index in [-0.39, 0.29) is 0 Å². The average molecular weight is 160 g/mol. The Kier molecular flexibility index (Phi) is 15.4. The van der Waals surface area contributed by atoms with Crippen LogP contribution in [0, 0.1) is 0 Å². The molecule has 0 rings (SSSR count). The van der Waals surface area contributed by atoms with Crippen LogP contribution in [-0.4, -0.2) is 19.6 Å². The van der Waals surface area contributed by atoms with Crippen LogP contribution in [0.3, 0.4) is 0 Å². The smallest absolute Gasteiger partial charge is 0.00759 e. The number of nitrogens with one attached hydrogen (secondary N) is 1. The van der Waals surface area contributed by atoms with Gasteiger partial charge in [-0.3, -0.25) is 0 Å². The summed E-state index contributed by atoms with van der Waals surface area (Å²) in [6.45, 7) is 6.99. The van der Waals surface area contributed by atoms with Gasteiger partial charge in [0.2, 0.25) is 0 Å². The summed E-state index contributed by atoms with van der Waals surface area (Å²) in [4.78, 5) is 0. The van der Waals surface area contributed by atoms with Crippen molar-refractivity contribution in [2.45, 2.75) is 46.1 Å². The fourth-order valence-corrected chi connectivity index (χ4v) is 0.983. The minimum Gasteiger partial charge on any atom is -0.330 e. The van der Waals surface area contributed by atoms with E-state index in [2.05, 4.69) is 12.2 Å². The second-order valence-corrected chi connectivity index (χ2v) is 2.35. The highest BCUT2D eigenvalue weighted by molar-refractivity contribution is 4.62. The Morgan fingerprint density at radius 3 is 2.09 bits per heavy atom. The maximum Gasteiger partial charge on any atom is 0.00759 e. The van der Waals surface area contributed by atoms with Crippen molar-refractivity contribution in [1.82, 2.24) is 5.32 Å². The van der Waals surface area contributed by atoms with E-state index >= 15 is 0 Å². The standard InChI is InChI=1S/C7H18N2.C2H6/c1-3-4-7(9-2)5-6-8;1-2/h7,9H,3-6,8H2,1-2H3;1-2H3.